The second-order valence-corrected chi connectivity index (χ2v) is 7.30. The maximum absolute atomic E-state index is 9.88. The van der Waals surface area contributed by atoms with Crippen LogP contribution in [0.15, 0.2) is 48.5 Å². The van der Waals surface area contributed by atoms with Gasteiger partial charge in [0.05, 0.1) is 0 Å². The van der Waals surface area contributed by atoms with Crippen molar-refractivity contribution in [3.63, 3.8) is 0 Å². The molecule has 0 aliphatic carbocycles. The van der Waals surface area contributed by atoms with Gasteiger partial charge < -0.3 is 15.1 Å². The largest absolute Gasteiger partial charge is 0.508 e. The SMILES string of the molecule is CC(C)C1(c2cccc(O)c2)CCN(CCc2ccc(O)cc2)C1. The fraction of sp³-hybridized carbons (Fsp3) is 0.429. The van der Waals surface area contributed by atoms with Crippen LogP contribution >= 0.6 is 0 Å². The smallest absolute Gasteiger partial charge is 0.115 e. The van der Waals surface area contributed by atoms with Crippen LogP contribution < -0.4 is 0 Å². The van der Waals surface area contributed by atoms with E-state index in [1.54, 1.807) is 18.2 Å². The van der Waals surface area contributed by atoms with Crippen LogP contribution in [-0.2, 0) is 11.8 Å². The number of phenols is 2. The highest BCUT2D eigenvalue weighted by Gasteiger charge is 2.41. The van der Waals surface area contributed by atoms with Gasteiger partial charge in [-0.2, -0.15) is 0 Å². The Morgan fingerprint density at radius 3 is 2.46 bits per heavy atom. The van der Waals surface area contributed by atoms with E-state index in [4.69, 9.17) is 0 Å². The first kappa shape index (κ1) is 16.8. The van der Waals surface area contributed by atoms with Crippen molar-refractivity contribution in [3.8, 4) is 11.5 Å². The quantitative estimate of drug-likeness (QED) is 0.875. The van der Waals surface area contributed by atoms with Crippen molar-refractivity contribution in [1.29, 1.82) is 0 Å². The van der Waals surface area contributed by atoms with E-state index in [9.17, 15) is 10.2 Å². The average molecular weight is 325 g/mol. The molecule has 0 saturated carbocycles. The van der Waals surface area contributed by atoms with Crippen LogP contribution in [0.4, 0.5) is 0 Å². The molecule has 3 heteroatoms. The van der Waals surface area contributed by atoms with Gasteiger partial charge in [-0.25, -0.2) is 0 Å². The van der Waals surface area contributed by atoms with Gasteiger partial charge in [-0.05, 0) is 60.7 Å². The summed E-state index contributed by atoms with van der Waals surface area (Å²) in [7, 11) is 0. The number of aromatic hydroxyl groups is 2. The fourth-order valence-electron chi connectivity index (χ4n) is 3.91. The first-order chi connectivity index (χ1) is 11.5. The predicted octanol–water partition coefficient (Wildman–Crippen LogP) is 3.94. The van der Waals surface area contributed by atoms with E-state index in [2.05, 4.69) is 24.8 Å². The molecule has 3 nitrogen and oxygen atoms in total. The van der Waals surface area contributed by atoms with Gasteiger partial charge in [-0.1, -0.05) is 38.1 Å². The van der Waals surface area contributed by atoms with Crippen LogP contribution in [-0.4, -0.2) is 34.7 Å². The lowest BCUT2D eigenvalue weighted by Crippen LogP contribution is -2.36. The first-order valence-electron chi connectivity index (χ1n) is 8.79. The number of rotatable bonds is 5. The number of benzene rings is 2. The Bertz CT molecular complexity index is 680. The first-order valence-corrected chi connectivity index (χ1v) is 8.79. The molecular weight excluding hydrogens is 298 g/mol. The van der Waals surface area contributed by atoms with Crippen molar-refractivity contribution in [2.24, 2.45) is 5.92 Å². The number of nitrogens with zero attached hydrogens (tertiary/aromatic N) is 1. The third-order valence-electron chi connectivity index (χ3n) is 5.56. The zero-order chi connectivity index (χ0) is 17.2. The summed E-state index contributed by atoms with van der Waals surface area (Å²) in [6.45, 7) is 7.72. The van der Waals surface area contributed by atoms with Crippen molar-refractivity contribution in [1.82, 2.24) is 4.90 Å². The summed E-state index contributed by atoms with van der Waals surface area (Å²) in [5.41, 5.74) is 2.63. The molecule has 2 aromatic carbocycles. The predicted molar refractivity (Wildman–Crippen MR) is 97.5 cm³/mol. The summed E-state index contributed by atoms with van der Waals surface area (Å²) in [6.07, 6.45) is 2.12. The summed E-state index contributed by atoms with van der Waals surface area (Å²) in [4.78, 5) is 2.52. The van der Waals surface area contributed by atoms with E-state index < -0.39 is 0 Å². The molecular formula is C21H27NO2. The van der Waals surface area contributed by atoms with Crippen LogP contribution in [0.5, 0.6) is 11.5 Å². The lowest BCUT2D eigenvalue weighted by molar-refractivity contribution is 0.270. The van der Waals surface area contributed by atoms with E-state index in [0.29, 0.717) is 17.4 Å². The van der Waals surface area contributed by atoms with Gasteiger partial charge in [0.1, 0.15) is 11.5 Å². The van der Waals surface area contributed by atoms with Crippen molar-refractivity contribution in [2.45, 2.75) is 32.1 Å². The van der Waals surface area contributed by atoms with Gasteiger partial charge >= 0.3 is 0 Å². The van der Waals surface area contributed by atoms with Gasteiger partial charge in [-0.3, -0.25) is 0 Å². The Hall–Kier alpha value is -2.00. The molecule has 1 fully saturated rings. The van der Waals surface area contributed by atoms with Gasteiger partial charge in [0.15, 0.2) is 0 Å². The molecule has 1 aliphatic rings. The highest BCUT2D eigenvalue weighted by molar-refractivity contribution is 5.35. The summed E-state index contributed by atoms with van der Waals surface area (Å²) in [5.74, 6) is 1.20. The summed E-state index contributed by atoms with van der Waals surface area (Å²) >= 11 is 0. The van der Waals surface area contributed by atoms with E-state index in [1.165, 1.54) is 11.1 Å². The molecule has 1 heterocycles. The van der Waals surface area contributed by atoms with E-state index in [1.807, 2.05) is 24.3 Å². The minimum absolute atomic E-state index is 0.119. The summed E-state index contributed by atoms with van der Waals surface area (Å²) in [6, 6.07) is 15.3. The van der Waals surface area contributed by atoms with E-state index in [-0.39, 0.29) is 5.41 Å². The third kappa shape index (κ3) is 3.41. The van der Waals surface area contributed by atoms with Crippen molar-refractivity contribution < 1.29 is 10.2 Å². The molecule has 1 unspecified atom stereocenters. The van der Waals surface area contributed by atoms with Crippen LogP contribution in [0.2, 0.25) is 0 Å². The Labute approximate surface area is 144 Å². The molecule has 1 aliphatic heterocycles. The van der Waals surface area contributed by atoms with Crippen LogP contribution in [0.25, 0.3) is 0 Å². The minimum atomic E-state index is 0.119. The lowest BCUT2D eigenvalue weighted by Gasteiger charge is -2.34. The van der Waals surface area contributed by atoms with Crippen molar-refractivity contribution in [3.05, 3.63) is 59.7 Å². The van der Waals surface area contributed by atoms with Gasteiger partial charge in [0, 0.05) is 18.5 Å². The summed E-state index contributed by atoms with van der Waals surface area (Å²) in [5, 5.41) is 19.3. The van der Waals surface area contributed by atoms with Crippen LogP contribution in [0.3, 0.4) is 0 Å². The fourth-order valence-corrected chi connectivity index (χ4v) is 3.91. The average Bonchev–Trinajstić information content (AvgIpc) is 3.00. The Balaban J connectivity index is 1.70. The molecule has 0 spiro atoms. The normalized spacial score (nSPS) is 21.5. The summed E-state index contributed by atoms with van der Waals surface area (Å²) < 4.78 is 0. The van der Waals surface area contributed by atoms with E-state index in [0.717, 1.165) is 32.5 Å². The highest BCUT2D eigenvalue weighted by atomic mass is 16.3. The van der Waals surface area contributed by atoms with Gasteiger partial charge in [0.25, 0.3) is 0 Å². The van der Waals surface area contributed by atoms with Crippen LogP contribution in [0.1, 0.15) is 31.4 Å². The molecule has 3 rings (SSSR count). The highest BCUT2D eigenvalue weighted by Crippen LogP contribution is 2.41. The second-order valence-electron chi connectivity index (χ2n) is 7.30. The second kappa shape index (κ2) is 6.86. The number of likely N-dealkylation sites (tertiary alicyclic amines) is 1. The van der Waals surface area contributed by atoms with Crippen LogP contribution in [0, 0.1) is 5.92 Å². The number of hydrogen-bond donors (Lipinski definition) is 2. The molecule has 128 valence electrons. The maximum atomic E-state index is 9.88. The molecule has 0 amide bonds. The molecule has 1 atom stereocenters. The van der Waals surface area contributed by atoms with Gasteiger partial charge in [0.2, 0.25) is 0 Å². The zero-order valence-electron chi connectivity index (χ0n) is 14.6. The molecule has 0 bridgehead atoms. The number of phenolic OH excluding ortho intramolecular Hbond substituents is 2. The van der Waals surface area contributed by atoms with Gasteiger partial charge in [-0.15, -0.1) is 0 Å². The molecule has 0 aromatic heterocycles. The standard InChI is InChI=1S/C21H27NO2/c1-16(2)21(18-4-3-5-20(24)14-18)11-13-22(15-21)12-10-17-6-8-19(23)9-7-17/h3-9,14,16,23-24H,10-13,15H2,1-2H3. The third-order valence-corrected chi connectivity index (χ3v) is 5.56. The Morgan fingerprint density at radius 2 is 1.79 bits per heavy atom. The molecule has 24 heavy (non-hydrogen) atoms. The topological polar surface area (TPSA) is 43.7 Å². The zero-order valence-corrected chi connectivity index (χ0v) is 14.6. The molecule has 0 radical (unpaired) electrons. The molecule has 1 saturated heterocycles. The Kier molecular flexibility index (Phi) is 4.81. The number of hydrogen-bond acceptors (Lipinski definition) is 3. The molecule has 2 N–H and O–H groups in total. The maximum Gasteiger partial charge on any atom is 0.115 e. The molecule has 2 aromatic rings. The van der Waals surface area contributed by atoms with Crippen molar-refractivity contribution in [2.75, 3.05) is 19.6 Å². The minimum Gasteiger partial charge on any atom is -0.508 e. The van der Waals surface area contributed by atoms with E-state index >= 15 is 0 Å². The lowest BCUT2D eigenvalue weighted by atomic mass is 9.71. The Morgan fingerprint density at radius 1 is 1.04 bits per heavy atom. The monoisotopic (exact) mass is 325 g/mol. The van der Waals surface area contributed by atoms with Crippen molar-refractivity contribution >= 4 is 0 Å².